The Morgan fingerprint density at radius 2 is 2.29 bits per heavy atom. The zero-order valence-electron chi connectivity index (χ0n) is 8.22. The van der Waals surface area contributed by atoms with E-state index >= 15 is 0 Å². The van der Waals surface area contributed by atoms with Crippen molar-refractivity contribution in [2.24, 2.45) is 5.92 Å². The predicted molar refractivity (Wildman–Crippen MR) is 51.7 cm³/mol. The van der Waals surface area contributed by atoms with Crippen LogP contribution in [0.15, 0.2) is 12.5 Å². The molecule has 1 N–H and O–H groups in total. The third-order valence-corrected chi connectivity index (χ3v) is 2.66. The van der Waals surface area contributed by atoms with Crippen molar-refractivity contribution in [3.8, 4) is 0 Å². The van der Waals surface area contributed by atoms with E-state index in [-0.39, 0.29) is 6.61 Å². The topological polar surface area (TPSA) is 47.3 Å². The number of hydrogen-bond acceptors (Lipinski definition) is 3. The molecule has 1 fully saturated rings. The van der Waals surface area contributed by atoms with Crippen LogP contribution in [0.5, 0.6) is 0 Å². The number of nitrogens with zero attached hydrogens (tertiary/aromatic N) is 2. The van der Waals surface area contributed by atoms with E-state index in [2.05, 4.69) is 9.55 Å². The Labute approximate surface area is 83.5 Å². The molecule has 78 valence electrons. The Kier molecular flexibility index (Phi) is 3.16. The van der Waals surface area contributed by atoms with Gasteiger partial charge in [0, 0.05) is 26.0 Å². The molecule has 0 unspecified atom stereocenters. The van der Waals surface area contributed by atoms with Crippen LogP contribution in [0.3, 0.4) is 0 Å². The molecule has 1 saturated heterocycles. The maximum atomic E-state index is 8.86. The molecule has 1 aliphatic rings. The SMILES string of the molecule is OCc1cn(CC2CCOCC2)cn1. The molecule has 0 radical (unpaired) electrons. The monoisotopic (exact) mass is 196 g/mol. The van der Waals surface area contributed by atoms with Gasteiger partial charge >= 0.3 is 0 Å². The lowest BCUT2D eigenvalue weighted by molar-refractivity contribution is 0.0612. The van der Waals surface area contributed by atoms with Gasteiger partial charge in [-0.25, -0.2) is 4.98 Å². The summed E-state index contributed by atoms with van der Waals surface area (Å²) >= 11 is 0. The summed E-state index contributed by atoms with van der Waals surface area (Å²) in [7, 11) is 0. The first-order valence-electron chi connectivity index (χ1n) is 5.07. The van der Waals surface area contributed by atoms with Crippen molar-refractivity contribution >= 4 is 0 Å². The van der Waals surface area contributed by atoms with Gasteiger partial charge in [-0.1, -0.05) is 0 Å². The van der Waals surface area contributed by atoms with Crippen molar-refractivity contribution in [3.05, 3.63) is 18.2 Å². The molecular weight excluding hydrogens is 180 g/mol. The second-order valence-electron chi connectivity index (χ2n) is 3.78. The molecule has 2 rings (SSSR count). The number of ether oxygens (including phenoxy) is 1. The van der Waals surface area contributed by atoms with Gasteiger partial charge < -0.3 is 14.4 Å². The van der Waals surface area contributed by atoms with Gasteiger partial charge in [0.05, 0.1) is 18.6 Å². The zero-order valence-corrected chi connectivity index (χ0v) is 8.22. The molecule has 4 heteroatoms. The largest absolute Gasteiger partial charge is 0.390 e. The first-order chi connectivity index (χ1) is 6.88. The van der Waals surface area contributed by atoms with E-state index in [1.165, 1.54) is 0 Å². The van der Waals surface area contributed by atoms with Crippen LogP contribution in [0, 0.1) is 5.92 Å². The molecule has 14 heavy (non-hydrogen) atoms. The van der Waals surface area contributed by atoms with Crippen molar-refractivity contribution in [1.29, 1.82) is 0 Å². The van der Waals surface area contributed by atoms with Gasteiger partial charge in [-0.15, -0.1) is 0 Å². The fraction of sp³-hybridized carbons (Fsp3) is 0.700. The van der Waals surface area contributed by atoms with Crippen LogP contribution in [0.2, 0.25) is 0 Å². The minimum atomic E-state index is 0.0285. The molecule has 0 amide bonds. The summed E-state index contributed by atoms with van der Waals surface area (Å²) in [6, 6.07) is 0. The summed E-state index contributed by atoms with van der Waals surface area (Å²) in [4.78, 5) is 4.08. The lowest BCUT2D eigenvalue weighted by Crippen LogP contribution is -2.19. The van der Waals surface area contributed by atoms with E-state index in [1.54, 1.807) is 6.33 Å². The van der Waals surface area contributed by atoms with Crippen LogP contribution in [0.25, 0.3) is 0 Å². The molecule has 2 heterocycles. The highest BCUT2D eigenvalue weighted by atomic mass is 16.5. The number of aromatic nitrogens is 2. The second kappa shape index (κ2) is 4.57. The van der Waals surface area contributed by atoms with E-state index in [4.69, 9.17) is 9.84 Å². The quantitative estimate of drug-likeness (QED) is 0.778. The van der Waals surface area contributed by atoms with Gasteiger partial charge in [0.15, 0.2) is 0 Å². The molecule has 0 atom stereocenters. The minimum Gasteiger partial charge on any atom is -0.390 e. The predicted octanol–water partition coefficient (Wildman–Crippen LogP) is 0.802. The summed E-state index contributed by atoms with van der Waals surface area (Å²) in [5.74, 6) is 0.699. The van der Waals surface area contributed by atoms with Crippen LogP contribution in [-0.2, 0) is 17.9 Å². The third kappa shape index (κ3) is 2.33. The standard InChI is InChI=1S/C10H16N2O2/c13-7-10-6-12(8-11-10)5-9-1-3-14-4-2-9/h6,8-9,13H,1-5,7H2. The maximum Gasteiger partial charge on any atom is 0.0950 e. The Hall–Kier alpha value is -0.870. The minimum absolute atomic E-state index is 0.0285. The summed E-state index contributed by atoms with van der Waals surface area (Å²) in [5.41, 5.74) is 0.747. The summed E-state index contributed by atoms with van der Waals surface area (Å²) in [6.07, 6.45) is 5.97. The van der Waals surface area contributed by atoms with Crippen LogP contribution in [-0.4, -0.2) is 27.9 Å². The number of hydrogen-bond donors (Lipinski definition) is 1. The molecule has 1 aromatic rings. The Balaban J connectivity index is 1.89. The average molecular weight is 196 g/mol. The fourth-order valence-corrected chi connectivity index (χ4v) is 1.82. The first-order valence-corrected chi connectivity index (χ1v) is 5.07. The molecule has 0 spiro atoms. The van der Waals surface area contributed by atoms with Crippen LogP contribution in [0.1, 0.15) is 18.5 Å². The van der Waals surface area contributed by atoms with Crippen molar-refractivity contribution in [1.82, 2.24) is 9.55 Å². The number of imidazole rings is 1. The Morgan fingerprint density at radius 1 is 1.50 bits per heavy atom. The number of aliphatic hydroxyl groups is 1. The summed E-state index contributed by atoms with van der Waals surface area (Å²) in [5, 5.41) is 8.86. The van der Waals surface area contributed by atoms with E-state index in [0.29, 0.717) is 5.92 Å². The highest BCUT2D eigenvalue weighted by molar-refractivity contribution is 4.94. The molecule has 1 aliphatic heterocycles. The normalized spacial score (nSPS) is 18.6. The van der Waals surface area contributed by atoms with E-state index in [0.717, 1.165) is 38.3 Å². The number of aliphatic hydroxyl groups excluding tert-OH is 1. The third-order valence-electron chi connectivity index (χ3n) is 2.66. The molecule has 0 aromatic carbocycles. The van der Waals surface area contributed by atoms with Crippen molar-refractivity contribution in [2.75, 3.05) is 13.2 Å². The second-order valence-corrected chi connectivity index (χ2v) is 3.78. The van der Waals surface area contributed by atoms with E-state index in [1.807, 2.05) is 6.20 Å². The molecule has 0 saturated carbocycles. The van der Waals surface area contributed by atoms with Crippen molar-refractivity contribution in [3.63, 3.8) is 0 Å². The van der Waals surface area contributed by atoms with Gasteiger partial charge in [0.1, 0.15) is 0 Å². The smallest absolute Gasteiger partial charge is 0.0950 e. The first kappa shape index (κ1) is 9.68. The van der Waals surface area contributed by atoms with E-state index in [9.17, 15) is 0 Å². The lowest BCUT2D eigenvalue weighted by atomic mass is 10.0. The van der Waals surface area contributed by atoms with Crippen LogP contribution < -0.4 is 0 Å². The highest BCUT2D eigenvalue weighted by Gasteiger charge is 2.14. The zero-order chi connectivity index (χ0) is 9.80. The summed E-state index contributed by atoms with van der Waals surface area (Å²) < 4.78 is 7.36. The molecule has 0 bridgehead atoms. The molecule has 0 aliphatic carbocycles. The maximum absolute atomic E-state index is 8.86. The Morgan fingerprint density at radius 3 is 2.93 bits per heavy atom. The average Bonchev–Trinajstić information content (AvgIpc) is 2.67. The van der Waals surface area contributed by atoms with Crippen molar-refractivity contribution in [2.45, 2.75) is 26.0 Å². The van der Waals surface area contributed by atoms with Gasteiger partial charge in [-0.2, -0.15) is 0 Å². The van der Waals surface area contributed by atoms with Crippen LogP contribution in [0.4, 0.5) is 0 Å². The highest BCUT2D eigenvalue weighted by Crippen LogP contribution is 2.16. The van der Waals surface area contributed by atoms with Crippen LogP contribution >= 0.6 is 0 Å². The number of rotatable bonds is 3. The van der Waals surface area contributed by atoms with Gasteiger partial charge in [-0.05, 0) is 18.8 Å². The Bertz CT molecular complexity index is 279. The van der Waals surface area contributed by atoms with Gasteiger partial charge in [0.2, 0.25) is 0 Å². The van der Waals surface area contributed by atoms with Gasteiger partial charge in [-0.3, -0.25) is 0 Å². The fourth-order valence-electron chi connectivity index (χ4n) is 1.82. The molecular formula is C10H16N2O2. The lowest BCUT2D eigenvalue weighted by Gasteiger charge is -2.21. The van der Waals surface area contributed by atoms with Crippen molar-refractivity contribution < 1.29 is 9.84 Å². The molecule has 4 nitrogen and oxygen atoms in total. The van der Waals surface area contributed by atoms with E-state index < -0.39 is 0 Å². The summed E-state index contributed by atoms with van der Waals surface area (Å²) in [6.45, 7) is 2.79. The van der Waals surface area contributed by atoms with Gasteiger partial charge in [0.25, 0.3) is 0 Å². The molecule has 1 aromatic heterocycles.